The van der Waals surface area contributed by atoms with Crippen LogP contribution in [0.4, 0.5) is 4.79 Å². The SMILES string of the molecule is N#Cc1cc(C(O)C(O)CNC(=O)OCc2ccccc2)ccc1O. The Labute approximate surface area is 144 Å². The molecule has 130 valence electrons. The molecule has 2 aromatic carbocycles. The number of aliphatic hydroxyl groups is 2. The summed E-state index contributed by atoms with van der Waals surface area (Å²) in [4.78, 5) is 11.6. The number of phenols is 1. The van der Waals surface area contributed by atoms with Crippen molar-refractivity contribution in [1.82, 2.24) is 5.32 Å². The fourth-order valence-electron chi connectivity index (χ4n) is 2.12. The van der Waals surface area contributed by atoms with Gasteiger partial charge in [0.2, 0.25) is 0 Å². The number of aliphatic hydroxyl groups excluding tert-OH is 2. The molecule has 7 nitrogen and oxygen atoms in total. The maximum absolute atomic E-state index is 11.6. The van der Waals surface area contributed by atoms with E-state index in [9.17, 15) is 20.1 Å². The van der Waals surface area contributed by atoms with Gasteiger partial charge in [-0.25, -0.2) is 4.79 Å². The predicted molar refractivity (Wildman–Crippen MR) is 88.4 cm³/mol. The van der Waals surface area contributed by atoms with Gasteiger partial charge in [0.15, 0.2) is 0 Å². The Bertz CT molecular complexity index is 758. The lowest BCUT2D eigenvalue weighted by atomic mass is 10.0. The van der Waals surface area contributed by atoms with Gasteiger partial charge < -0.3 is 25.4 Å². The molecule has 0 aliphatic carbocycles. The van der Waals surface area contributed by atoms with Crippen LogP contribution in [-0.4, -0.2) is 34.1 Å². The minimum absolute atomic E-state index is 0.0148. The van der Waals surface area contributed by atoms with E-state index in [1.165, 1.54) is 18.2 Å². The first-order valence-corrected chi connectivity index (χ1v) is 7.55. The number of amides is 1. The van der Waals surface area contributed by atoms with Crippen molar-refractivity contribution in [3.8, 4) is 11.8 Å². The minimum atomic E-state index is -1.33. The van der Waals surface area contributed by atoms with E-state index in [4.69, 9.17) is 10.00 Å². The number of hydrogen-bond donors (Lipinski definition) is 4. The normalized spacial score (nSPS) is 12.7. The van der Waals surface area contributed by atoms with E-state index in [1.807, 2.05) is 30.3 Å². The number of rotatable bonds is 6. The quantitative estimate of drug-likeness (QED) is 0.632. The van der Waals surface area contributed by atoms with Crippen molar-refractivity contribution in [3.05, 3.63) is 65.2 Å². The van der Waals surface area contributed by atoms with Gasteiger partial charge in [0.1, 0.15) is 30.6 Å². The molecule has 0 radical (unpaired) electrons. The molecule has 0 saturated heterocycles. The highest BCUT2D eigenvalue weighted by molar-refractivity contribution is 5.67. The second kappa shape index (κ2) is 8.68. The fraction of sp³-hybridized carbons (Fsp3) is 0.222. The molecule has 0 heterocycles. The molecular formula is C18H18N2O5. The largest absolute Gasteiger partial charge is 0.507 e. The summed E-state index contributed by atoms with van der Waals surface area (Å²) in [7, 11) is 0. The van der Waals surface area contributed by atoms with Gasteiger partial charge in [0.25, 0.3) is 0 Å². The average molecular weight is 342 g/mol. The summed E-state index contributed by atoms with van der Waals surface area (Å²) in [5.74, 6) is -0.212. The third-order valence-electron chi connectivity index (χ3n) is 3.52. The molecule has 2 unspecified atom stereocenters. The number of hydrogen-bond acceptors (Lipinski definition) is 6. The molecule has 0 spiro atoms. The van der Waals surface area contributed by atoms with E-state index < -0.39 is 18.3 Å². The highest BCUT2D eigenvalue weighted by Gasteiger charge is 2.20. The molecule has 4 N–H and O–H groups in total. The molecule has 0 aliphatic rings. The van der Waals surface area contributed by atoms with Gasteiger partial charge in [0, 0.05) is 6.54 Å². The number of phenolic OH excluding ortho intramolecular Hbond substituents is 1. The summed E-state index contributed by atoms with van der Waals surface area (Å²) in [5, 5.41) is 40.7. The Hall–Kier alpha value is -3.08. The van der Waals surface area contributed by atoms with Crippen LogP contribution in [-0.2, 0) is 11.3 Å². The number of nitrogens with one attached hydrogen (secondary N) is 1. The number of carbonyl (C=O) groups is 1. The van der Waals surface area contributed by atoms with Gasteiger partial charge in [-0.2, -0.15) is 5.26 Å². The summed E-state index contributed by atoms with van der Waals surface area (Å²) in [6, 6.07) is 14.8. The Morgan fingerprint density at radius 2 is 1.92 bits per heavy atom. The number of alkyl carbamates (subject to hydrolysis) is 1. The minimum Gasteiger partial charge on any atom is -0.507 e. The van der Waals surface area contributed by atoms with Gasteiger partial charge in [0.05, 0.1) is 5.56 Å². The number of ether oxygens (including phenoxy) is 1. The van der Waals surface area contributed by atoms with E-state index in [1.54, 1.807) is 6.07 Å². The number of nitriles is 1. The van der Waals surface area contributed by atoms with E-state index in [0.717, 1.165) is 5.56 Å². The van der Waals surface area contributed by atoms with Crippen LogP contribution in [0, 0.1) is 11.3 Å². The van der Waals surface area contributed by atoms with Crippen LogP contribution in [0.5, 0.6) is 5.75 Å². The van der Waals surface area contributed by atoms with Crippen molar-refractivity contribution >= 4 is 6.09 Å². The molecule has 0 aliphatic heterocycles. The zero-order valence-corrected chi connectivity index (χ0v) is 13.3. The van der Waals surface area contributed by atoms with Crippen LogP contribution in [0.15, 0.2) is 48.5 Å². The molecule has 2 atom stereocenters. The van der Waals surface area contributed by atoms with Crippen molar-refractivity contribution < 1.29 is 24.9 Å². The second-order valence-corrected chi connectivity index (χ2v) is 5.34. The van der Waals surface area contributed by atoms with Crippen LogP contribution in [0.1, 0.15) is 22.8 Å². The van der Waals surface area contributed by atoms with Gasteiger partial charge in [-0.15, -0.1) is 0 Å². The highest BCUT2D eigenvalue weighted by atomic mass is 16.5. The summed E-state index contributed by atoms with van der Waals surface area (Å²) in [5.41, 5.74) is 1.06. The van der Waals surface area contributed by atoms with Crippen molar-refractivity contribution in [2.75, 3.05) is 6.54 Å². The van der Waals surface area contributed by atoms with Gasteiger partial charge >= 0.3 is 6.09 Å². The third-order valence-corrected chi connectivity index (χ3v) is 3.52. The van der Waals surface area contributed by atoms with Gasteiger partial charge in [-0.1, -0.05) is 36.4 Å². The van der Waals surface area contributed by atoms with E-state index in [0.29, 0.717) is 0 Å². The zero-order chi connectivity index (χ0) is 18.2. The first-order chi connectivity index (χ1) is 12.0. The molecule has 7 heteroatoms. The maximum Gasteiger partial charge on any atom is 0.407 e. The Kier molecular flexibility index (Phi) is 6.34. The molecule has 0 fully saturated rings. The average Bonchev–Trinajstić information content (AvgIpc) is 2.65. The maximum atomic E-state index is 11.6. The molecule has 1 amide bonds. The van der Waals surface area contributed by atoms with Crippen molar-refractivity contribution in [2.45, 2.75) is 18.8 Å². The number of benzene rings is 2. The lowest BCUT2D eigenvalue weighted by molar-refractivity contribution is 0.0184. The smallest absolute Gasteiger partial charge is 0.407 e. The van der Waals surface area contributed by atoms with Gasteiger partial charge in [-0.05, 0) is 23.3 Å². The Morgan fingerprint density at radius 3 is 2.60 bits per heavy atom. The van der Waals surface area contributed by atoms with E-state index in [2.05, 4.69) is 5.32 Å². The second-order valence-electron chi connectivity index (χ2n) is 5.34. The van der Waals surface area contributed by atoms with Crippen LogP contribution < -0.4 is 5.32 Å². The highest BCUT2D eigenvalue weighted by Crippen LogP contribution is 2.23. The molecule has 0 bridgehead atoms. The summed E-state index contributed by atoms with van der Waals surface area (Å²) < 4.78 is 5.00. The molecule has 2 aromatic rings. The van der Waals surface area contributed by atoms with Crippen LogP contribution in [0.2, 0.25) is 0 Å². The Balaban J connectivity index is 1.83. The van der Waals surface area contributed by atoms with Crippen LogP contribution in [0.25, 0.3) is 0 Å². The summed E-state index contributed by atoms with van der Waals surface area (Å²) in [6.45, 7) is -0.146. The topological polar surface area (TPSA) is 123 Å². The summed E-state index contributed by atoms with van der Waals surface area (Å²) in [6.07, 6.45) is -3.36. The Morgan fingerprint density at radius 1 is 1.20 bits per heavy atom. The first-order valence-electron chi connectivity index (χ1n) is 7.55. The molecule has 2 rings (SSSR count). The lowest BCUT2D eigenvalue weighted by Gasteiger charge is -2.19. The van der Waals surface area contributed by atoms with Crippen molar-refractivity contribution in [3.63, 3.8) is 0 Å². The van der Waals surface area contributed by atoms with Gasteiger partial charge in [-0.3, -0.25) is 0 Å². The van der Waals surface area contributed by atoms with E-state index in [-0.39, 0.29) is 30.0 Å². The molecule has 25 heavy (non-hydrogen) atoms. The monoisotopic (exact) mass is 342 g/mol. The summed E-state index contributed by atoms with van der Waals surface area (Å²) >= 11 is 0. The molecule has 0 saturated carbocycles. The third kappa shape index (κ3) is 5.21. The van der Waals surface area contributed by atoms with Crippen LogP contribution >= 0.6 is 0 Å². The number of aromatic hydroxyl groups is 1. The zero-order valence-electron chi connectivity index (χ0n) is 13.3. The standard InChI is InChI=1S/C18H18N2O5/c19-9-14-8-13(6-7-15(14)21)17(23)16(22)10-20-18(24)25-11-12-4-2-1-3-5-12/h1-8,16-17,21-23H,10-11H2,(H,20,24). The number of nitrogens with zero attached hydrogens (tertiary/aromatic N) is 1. The molecule has 0 aromatic heterocycles. The fourth-order valence-corrected chi connectivity index (χ4v) is 2.12. The van der Waals surface area contributed by atoms with Crippen LogP contribution in [0.3, 0.4) is 0 Å². The number of carbonyl (C=O) groups excluding carboxylic acids is 1. The molecular weight excluding hydrogens is 324 g/mol. The van der Waals surface area contributed by atoms with E-state index >= 15 is 0 Å². The first kappa shape index (κ1) is 18.3. The van der Waals surface area contributed by atoms with Crippen molar-refractivity contribution in [2.24, 2.45) is 0 Å². The van der Waals surface area contributed by atoms with Crippen molar-refractivity contribution in [1.29, 1.82) is 5.26 Å². The lowest BCUT2D eigenvalue weighted by Crippen LogP contribution is -2.35. The predicted octanol–water partition coefficient (Wildman–Crippen LogP) is 1.58.